The SMILES string of the molecule is C[C@H](NC(=O)N1CCOc2ncc(C#Cc3cnc(N)nc3)cc21)c1ccc(OC(F)(F)F)cc1. The summed E-state index contributed by atoms with van der Waals surface area (Å²) in [7, 11) is 0. The molecule has 3 heterocycles. The van der Waals surface area contributed by atoms with Gasteiger partial charge in [-0.15, -0.1) is 13.2 Å². The number of amides is 2. The number of hydrogen-bond donors (Lipinski definition) is 2. The highest BCUT2D eigenvalue weighted by Crippen LogP contribution is 2.31. The monoisotopic (exact) mass is 484 g/mol. The second kappa shape index (κ2) is 9.76. The van der Waals surface area contributed by atoms with Gasteiger partial charge in [-0.05, 0) is 30.7 Å². The fourth-order valence-electron chi connectivity index (χ4n) is 3.23. The molecule has 1 aliphatic rings. The molecule has 12 heteroatoms. The van der Waals surface area contributed by atoms with Gasteiger partial charge in [0.15, 0.2) is 0 Å². The molecule has 1 aliphatic heterocycles. The lowest BCUT2D eigenvalue weighted by Gasteiger charge is -2.30. The average Bonchev–Trinajstić information content (AvgIpc) is 2.82. The van der Waals surface area contributed by atoms with Crippen molar-refractivity contribution in [3.63, 3.8) is 0 Å². The Labute approximate surface area is 198 Å². The Morgan fingerprint density at radius 1 is 1.14 bits per heavy atom. The molecule has 180 valence electrons. The van der Waals surface area contributed by atoms with Crippen LogP contribution in [-0.2, 0) is 0 Å². The number of carbonyl (C=O) groups excluding carboxylic acids is 1. The van der Waals surface area contributed by atoms with Crippen LogP contribution in [0, 0.1) is 11.8 Å². The van der Waals surface area contributed by atoms with Crippen LogP contribution >= 0.6 is 0 Å². The molecular weight excluding hydrogens is 465 g/mol. The highest BCUT2D eigenvalue weighted by molar-refractivity contribution is 5.94. The molecule has 3 N–H and O–H groups in total. The van der Waals surface area contributed by atoms with Gasteiger partial charge < -0.3 is 20.5 Å². The summed E-state index contributed by atoms with van der Waals surface area (Å²) in [6.07, 6.45) is -0.260. The number of benzene rings is 1. The summed E-state index contributed by atoms with van der Waals surface area (Å²) in [6.45, 7) is 2.24. The molecule has 1 aromatic carbocycles. The van der Waals surface area contributed by atoms with Crippen LogP contribution in [0.1, 0.15) is 29.7 Å². The molecule has 2 aromatic heterocycles. The first-order valence-corrected chi connectivity index (χ1v) is 10.3. The standard InChI is InChI=1S/C23H19F3N6O3/c1-14(17-4-6-18(7-5-17)35-23(24,25)26)31-22(33)32-8-9-34-20-19(32)10-15(11-28-20)2-3-16-12-29-21(27)30-13-16/h4-7,10-14H,8-9H2,1H3,(H,31,33)(H2,27,29,30)/t14-/m0/s1. The Morgan fingerprint density at radius 3 is 2.49 bits per heavy atom. The van der Waals surface area contributed by atoms with Gasteiger partial charge in [0.2, 0.25) is 11.8 Å². The lowest BCUT2D eigenvalue weighted by molar-refractivity contribution is -0.274. The summed E-state index contributed by atoms with van der Waals surface area (Å²) in [6, 6.07) is 6.06. The number of nitrogens with two attached hydrogens (primary N) is 1. The summed E-state index contributed by atoms with van der Waals surface area (Å²) in [5.74, 6) is 5.93. The first kappa shape index (κ1) is 23.6. The van der Waals surface area contributed by atoms with Crippen molar-refractivity contribution in [3.05, 3.63) is 65.6 Å². The summed E-state index contributed by atoms with van der Waals surface area (Å²) < 4.78 is 46.5. The predicted molar refractivity (Wildman–Crippen MR) is 120 cm³/mol. The van der Waals surface area contributed by atoms with E-state index in [0.29, 0.717) is 22.4 Å². The van der Waals surface area contributed by atoms with E-state index in [1.54, 1.807) is 13.0 Å². The van der Waals surface area contributed by atoms with Crippen molar-refractivity contribution in [1.82, 2.24) is 20.3 Å². The molecule has 0 saturated carbocycles. The third-order valence-electron chi connectivity index (χ3n) is 4.90. The number of alkyl halides is 3. The van der Waals surface area contributed by atoms with E-state index in [-0.39, 0.29) is 30.7 Å². The number of nitrogen functional groups attached to an aromatic ring is 1. The number of hydrogen-bond acceptors (Lipinski definition) is 7. The maximum atomic E-state index is 13.0. The smallest absolute Gasteiger partial charge is 0.474 e. The lowest BCUT2D eigenvalue weighted by Crippen LogP contribution is -2.45. The van der Waals surface area contributed by atoms with Crippen LogP contribution in [0.15, 0.2) is 48.9 Å². The number of anilines is 2. The van der Waals surface area contributed by atoms with Crippen LogP contribution in [0.5, 0.6) is 11.6 Å². The Bertz CT molecular complexity index is 1270. The lowest BCUT2D eigenvalue weighted by atomic mass is 10.1. The van der Waals surface area contributed by atoms with Crippen LogP contribution in [0.4, 0.5) is 29.6 Å². The number of rotatable bonds is 3. The van der Waals surface area contributed by atoms with Crippen molar-refractivity contribution in [2.45, 2.75) is 19.3 Å². The number of fused-ring (bicyclic) bond motifs is 1. The van der Waals surface area contributed by atoms with Crippen molar-refractivity contribution in [3.8, 4) is 23.5 Å². The zero-order chi connectivity index (χ0) is 25.0. The second-order valence-corrected chi connectivity index (χ2v) is 7.42. The van der Waals surface area contributed by atoms with Crippen LogP contribution in [0.2, 0.25) is 0 Å². The van der Waals surface area contributed by atoms with Gasteiger partial charge in [0.25, 0.3) is 0 Å². The number of halogens is 3. The van der Waals surface area contributed by atoms with Gasteiger partial charge in [-0.3, -0.25) is 4.90 Å². The summed E-state index contributed by atoms with van der Waals surface area (Å²) >= 11 is 0. The van der Waals surface area contributed by atoms with Crippen molar-refractivity contribution in [1.29, 1.82) is 0 Å². The van der Waals surface area contributed by atoms with Crippen LogP contribution in [0.25, 0.3) is 0 Å². The van der Waals surface area contributed by atoms with Gasteiger partial charge in [-0.1, -0.05) is 24.0 Å². The molecule has 0 saturated heterocycles. The van der Waals surface area contributed by atoms with Gasteiger partial charge >= 0.3 is 12.4 Å². The Balaban J connectivity index is 1.48. The van der Waals surface area contributed by atoms with E-state index in [2.05, 4.69) is 36.8 Å². The van der Waals surface area contributed by atoms with Gasteiger partial charge in [-0.2, -0.15) is 0 Å². The van der Waals surface area contributed by atoms with E-state index in [4.69, 9.17) is 10.5 Å². The molecule has 0 bridgehead atoms. The molecule has 35 heavy (non-hydrogen) atoms. The molecule has 3 aromatic rings. The minimum absolute atomic E-state index is 0.143. The fourth-order valence-corrected chi connectivity index (χ4v) is 3.23. The van der Waals surface area contributed by atoms with Gasteiger partial charge in [0.1, 0.15) is 18.0 Å². The average molecular weight is 484 g/mol. The van der Waals surface area contributed by atoms with E-state index in [1.807, 2.05) is 0 Å². The second-order valence-electron chi connectivity index (χ2n) is 7.42. The maximum Gasteiger partial charge on any atom is 0.573 e. The van der Waals surface area contributed by atoms with Crippen LogP contribution < -0.4 is 25.4 Å². The zero-order valence-corrected chi connectivity index (χ0v) is 18.3. The topological polar surface area (TPSA) is 115 Å². The maximum absolute atomic E-state index is 13.0. The van der Waals surface area contributed by atoms with E-state index in [1.165, 1.54) is 47.8 Å². The number of nitrogens with zero attached hydrogens (tertiary/aromatic N) is 4. The molecule has 0 aliphatic carbocycles. The number of ether oxygens (including phenoxy) is 2. The van der Waals surface area contributed by atoms with Crippen molar-refractivity contribution in [2.24, 2.45) is 0 Å². The van der Waals surface area contributed by atoms with E-state index < -0.39 is 18.4 Å². The van der Waals surface area contributed by atoms with Crippen LogP contribution in [0.3, 0.4) is 0 Å². The van der Waals surface area contributed by atoms with Gasteiger partial charge in [0.05, 0.1) is 18.2 Å². The summed E-state index contributed by atoms with van der Waals surface area (Å²) in [5.41, 5.74) is 7.61. The predicted octanol–water partition coefficient (Wildman–Crippen LogP) is 3.42. The molecule has 0 fully saturated rings. The Hall–Kier alpha value is -4.53. The quantitative estimate of drug-likeness (QED) is 0.548. The fraction of sp³-hybridized carbons (Fsp3) is 0.217. The molecule has 9 nitrogen and oxygen atoms in total. The molecular formula is C23H19F3N6O3. The number of urea groups is 1. The molecule has 0 spiro atoms. The summed E-state index contributed by atoms with van der Waals surface area (Å²) in [5, 5.41) is 2.83. The van der Waals surface area contributed by atoms with Crippen LogP contribution in [-0.4, -0.2) is 40.5 Å². The largest absolute Gasteiger partial charge is 0.573 e. The zero-order valence-electron chi connectivity index (χ0n) is 18.3. The number of aromatic nitrogens is 3. The van der Waals surface area contributed by atoms with Crippen molar-refractivity contribution >= 4 is 17.7 Å². The first-order chi connectivity index (χ1) is 16.7. The molecule has 1 atom stereocenters. The highest BCUT2D eigenvalue weighted by atomic mass is 19.4. The third kappa shape index (κ3) is 6.08. The highest BCUT2D eigenvalue weighted by Gasteiger charge is 2.31. The van der Waals surface area contributed by atoms with E-state index >= 15 is 0 Å². The first-order valence-electron chi connectivity index (χ1n) is 10.3. The third-order valence-corrected chi connectivity index (χ3v) is 4.90. The van der Waals surface area contributed by atoms with Crippen molar-refractivity contribution < 1.29 is 27.4 Å². The minimum atomic E-state index is -4.77. The number of pyridine rings is 1. The summed E-state index contributed by atoms with van der Waals surface area (Å²) in [4.78, 5) is 26.5. The Morgan fingerprint density at radius 2 is 1.80 bits per heavy atom. The molecule has 0 unspecified atom stereocenters. The normalized spacial score (nSPS) is 13.5. The van der Waals surface area contributed by atoms with E-state index in [0.717, 1.165) is 0 Å². The molecule has 0 radical (unpaired) electrons. The van der Waals surface area contributed by atoms with Gasteiger partial charge in [0, 0.05) is 24.2 Å². The number of nitrogens with one attached hydrogen (secondary N) is 1. The van der Waals surface area contributed by atoms with E-state index in [9.17, 15) is 18.0 Å². The Kier molecular flexibility index (Phi) is 6.59. The van der Waals surface area contributed by atoms with Gasteiger partial charge in [-0.25, -0.2) is 19.7 Å². The molecule has 2 amide bonds. The van der Waals surface area contributed by atoms with Crippen molar-refractivity contribution in [2.75, 3.05) is 23.8 Å². The molecule has 4 rings (SSSR count). The minimum Gasteiger partial charge on any atom is -0.474 e. The number of carbonyl (C=O) groups is 1.